The summed E-state index contributed by atoms with van der Waals surface area (Å²) in [7, 11) is 0. The molecular weight excluding hydrogens is 283 g/mol. The number of aromatic nitrogens is 3. The van der Waals surface area contributed by atoms with Crippen LogP contribution in [-0.4, -0.2) is 20.5 Å². The van der Waals surface area contributed by atoms with Crippen LogP contribution in [0.5, 0.6) is 0 Å². The Kier molecular flexibility index (Phi) is 4.40. The molecule has 2 aromatic heterocycles. The maximum Gasteiger partial charge on any atom is 0.435 e. The molecule has 0 spiro atoms. The number of rotatable bonds is 5. The van der Waals surface area contributed by atoms with Gasteiger partial charge in [-0.25, -0.2) is 0 Å². The molecule has 0 radical (unpaired) electrons. The van der Waals surface area contributed by atoms with E-state index in [4.69, 9.17) is 0 Å². The van der Waals surface area contributed by atoms with Crippen LogP contribution in [0.1, 0.15) is 41.5 Å². The number of alkyl halides is 3. The van der Waals surface area contributed by atoms with E-state index in [1.807, 2.05) is 0 Å². The molecule has 0 amide bonds. The van der Waals surface area contributed by atoms with Crippen molar-refractivity contribution >= 4 is 5.78 Å². The fraction of sp³-hybridized carbons (Fsp3) is 0.357. The van der Waals surface area contributed by atoms with Crippen LogP contribution in [0.3, 0.4) is 0 Å². The highest BCUT2D eigenvalue weighted by Crippen LogP contribution is 2.29. The normalized spacial score (nSPS) is 11.6. The Bertz CT molecular complexity index is 620. The lowest BCUT2D eigenvalue weighted by Crippen LogP contribution is -2.12. The fourth-order valence-electron chi connectivity index (χ4n) is 1.92. The highest BCUT2D eigenvalue weighted by Gasteiger charge is 2.35. The van der Waals surface area contributed by atoms with E-state index < -0.39 is 11.9 Å². The van der Waals surface area contributed by atoms with Crippen molar-refractivity contribution in [3.63, 3.8) is 0 Å². The van der Waals surface area contributed by atoms with Gasteiger partial charge in [0.2, 0.25) is 0 Å². The van der Waals surface area contributed by atoms with Crippen LogP contribution in [0.25, 0.3) is 0 Å². The number of carbonyl (C=O) groups excluding carboxylic acids is 1. The first kappa shape index (κ1) is 15.2. The highest BCUT2D eigenvalue weighted by atomic mass is 19.4. The molecule has 0 fully saturated rings. The van der Waals surface area contributed by atoms with Crippen molar-refractivity contribution in [3.05, 3.63) is 47.5 Å². The molecule has 0 aliphatic carbocycles. The first-order valence-corrected chi connectivity index (χ1v) is 6.49. The second-order valence-electron chi connectivity index (χ2n) is 4.60. The molecule has 2 aromatic rings. The lowest BCUT2D eigenvalue weighted by molar-refractivity contribution is -0.141. The summed E-state index contributed by atoms with van der Waals surface area (Å²) < 4.78 is 39.4. The average Bonchev–Trinajstić information content (AvgIpc) is 2.84. The van der Waals surface area contributed by atoms with Crippen LogP contribution >= 0.6 is 0 Å². The average molecular weight is 297 g/mol. The van der Waals surface area contributed by atoms with Gasteiger partial charge in [-0.1, -0.05) is 6.92 Å². The van der Waals surface area contributed by atoms with Crippen molar-refractivity contribution in [2.75, 3.05) is 0 Å². The summed E-state index contributed by atoms with van der Waals surface area (Å²) >= 11 is 0. The monoisotopic (exact) mass is 297 g/mol. The lowest BCUT2D eigenvalue weighted by atomic mass is 10.1. The minimum Gasteiger partial charge on any atom is -0.292 e. The lowest BCUT2D eigenvalue weighted by Gasteiger charge is -2.06. The van der Waals surface area contributed by atoms with E-state index in [1.165, 1.54) is 12.4 Å². The van der Waals surface area contributed by atoms with E-state index >= 15 is 0 Å². The topological polar surface area (TPSA) is 47.8 Å². The molecule has 0 aliphatic heterocycles. The van der Waals surface area contributed by atoms with Crippen LogP contribution in [0.2, 0.25) is 0 Å². The number of nitrogens with zero attached hydrogens (tertiary/aromatic N) is 3. The summed E-state index contributed by atoms with van der Waals surface area (Å²) in [6, 6.07) is 4.16. The van der Waals surface area contributed by atoms with E-state index in [0.29, 0.717) is 6.42 Å². The zero-order valence-corrected chi connectivity index (χ0v) is 11.4. The van der Waals surface area contributed by atoms with Gasteiger partial charge in [0, 0.05) is 18.8 Å². The van der Waals surface area contributed by atoms with Crippen molar-refractivity contribution in [1.82, 2.24) is 14.8 Å². The fourth-order valence-corrected chi connectivity index (χ4v) is 1.92. The number of hydrogen-bond donors (Lipinski definition) is 0. The van der Waals surface area contributed by atoms with Gasteiger partial charge < -0.3 is 0 Å². The van der Waals surface area contributed by atoms with Gasteiger partial charge in [0.15, 0.2) is 11.5 Å². The second-order valence-corrected chi connectivity index (χ2v) is 4.60. The molecule has 0 unspecified atom stereocenters. The van der Waals surface area contributed by atoms with Gasteiger partial charge >= 0.3 is 6.18 Å². The maximum atomic E-state index is 12.8. The molecule has 7 heteroatoms. The van der Waals surface area contributed by atoms with Gasteiger partial charge in [0.25, 0.3) is 0 Å². The third-order valence-corrected chi connectivity index (χ3v) is 2.91. The Morgan fingerprint density at radius 1 is 1.29 bits per heavy atom. The number of Topliss-reactive ketones (excluding diaryl/α,β-unsaturated/α-hetero) is 1. The minimum atomic E-state index is -4.56. The molecule has 2 rings (SSSR count). The predicted molar refractivity (Wildman–Crippen MR) is 69.8 cm³/mol. The van der Waals surface area contributed by atoms with Crippen molar-refractivity contribution in [2.45, 2.75) is 32.5 Å². The Hall–Kier alpha value is -2.18. The van der Waals surface area contributed by atoms with Crippen LogP contribution in [0.15, 0.2) is 30.6 Å². The van der Waals surface area contributed by atoms with Gasteiger partial charge in [-0.15, -0.1) is 0 Å². The van der Waals surface area contributed by atoms with Crippen molar-refractivity contribution in [3.8, 4) is 0 Å². The summed E-state index contributed by atoms with van der Waals surface area (Å²) in [6.07, 6.45) is -0.723. The summed E-state index contributed by atoms with van der Waals surface area (Å²) in [5.74, 6) is -0.338. The van der Waals surface area contributed by atoms with Crippen LogP contribution < -0.4 is 0 Å². The first-order chi connectivity index (χ1) is 9.91. The quantitative estimate of drug-likeness (QED) is 0.795. The van der Waals surface area contributed by atoms with Crippen LogP contribution in [-0.2, 0) is 12.7 Å². The van der Waals surface area contributed by atoms with Gasteiger partial charge in [-0.05, 0) is 30.2 Å². The van der Waals surface area contributed by atoms with Gasteiger partial charge in [-0.2, -0.15) is 18.3 Å². The molecule has 0 atom stereocenters. The maximum absolute atomic E-state index is 12.8. The number of halogens is 3. The van der Waals surface area contributed by atoms with Gasteiger partial charge in [0.05, 0.1) is 6.54 Å². The zero-order chi connectivity index (χ0) is 15.5. The van der Waals surface area contributed by atoms with Crippen molar-refractivity contribution in [2.24, 2.45) is 0 Å². The minimum absolute atomic E-state index is 0.0130. The zero-order valence-electron chi connectivity index (χ0n) is 11.4. The summed E-state index contributed by atoms with van der Waals surface area (Å²) in [4.78, 5) is 15.8. The molecule has 112 valence electrons. The van der Waals surface area contributed by atoms with E-state index in [9.17, 15) is 18.0 Å². The summed E-state index contributed by atoms with van der Waals surface area (Å²) in [5, 5.41) is 3.53. The molecule has 0 aromatic carbocycles. The van der Waals surface area contributed by atoms with Gasteiger partial charge in [-0.3, -0.25) is 14.5 Å². The Morgan fingerprint density at radius 3 is 2.52 bits per heavy atom. The molecule has 4 nitrogen and oxygen atoms in total. The molecule has 0 bridgehead atoms. The molecular formula is C14H14F3N3O. The number of hydrogen-bond acceptors (Lipinski definition) is 3. The van der Waals surface area contributed by atoms with Gasteiger partial charge in [0.1, 0.15) is 5.69 Å². The van der Waals surface area contributed by atoms with E-state index in [0.717, 1.165) is 16.3 Å². The largest absolute Gasteiger partial charge is 0.435 e. The summed E-state index contributed by atoms with van der Waals surface area (Å²) in [6.45, 7) is 1.90. The highest BCUT2D eigenvalue weighted by molar-refractivity contribution is 5.94. The molecule has 0 aliphatic rings. The molecule has 2 heterocycles. The SMILES string of the molecule is CCCC(=O)c1cc(C(F)(F)F)nn1Cc1ccncc1. The molecule has 21 heavy (non-hydrogen) atoms. The first-order valence-electron chi connectivity index (χ1n) is 6.49. The number of carbonyl (C=O) groups is 1. The number of pyridine rings is 1. The number of ketones is 1. The Labute approximate surface area is 119 Å². The van der Waals surface area contributed by atoms with E-state index in [2.05, 4.69) is 10.1 Å². The van der Waals surface area contributed by atoms with E-state index in [1.54, 1.807) is 19.1 Å². The molecule has 0 N–H and O–H groups in total. The molecule has 0 saturated carbocycles. The standard InChI is InChI=1S/C14H14F3N3O/c1-2-3-12(21)11-8-13(14(15,16)17)19-20(11)9-10-4-6-18-7-5-10/h4-8H,2-3,9H2,1H3. The van der Waals surface area contributed by atoms with Crippen LogP contribution in [0, 0.1) is 0 Å². The Morgan fingerprint density at radius 2 is 1.95 bits per heavy atom. The second kappa shape index (κ2) is 6.07. The third kappa shape index (κ3) is 3.68. The third-order valence-electron chi connectivity index (χ3n) is 2.91. The summed E-state index contributed by atoms with van der Waals surface area (Å²) in [5.41, 5.74) is -0.329. The Balaban J connectivity index is 2.37. The van der Waals surface area contributed by atoms with Crippen molar-refractivity contribution in [1.29, 1.82) is 0 Å². The van der Waals surface area contributed by atoms with Crippen LogP contribution in [0.4, 0.5) is 13.2 Å². The predicted octanol–water partition coefficient (Wildman–Crippen LogP) is 3.33. The molecule has 0 saturated heterocycles. The smallest absolute Gasteiger partial charge is 0.292 e. The van der Waals surface area contributed by atoms with Crippen molar-refractivity contribution < 1.29 is 18.0 Å². The van der Waals surface area contributed by atoms with E-state index in [-0.39, 0.29) is 24.4 Å².